The maximum Gasteiger partial charge on any atom is 0.330 e. The van der Waals surface area contributed by atoms with Gasteiger partial charge in [-0.1, -0.05) is 94.7 Å². The van der Waals surface area contributed by atoms with Crippen LogP contribution in [0.2, 0.25) is 0 Å². The van der Waals surface area contributed by atoms with E-state index in [0.29, 0.717) is 0 Å². The Kier molecular flexibility index (Phi) is 12.3. The van der Waals surface area contributed by atoms with Gasteiger partial charge in [-0.05, 0) is 30.0 Å². The summed E-state index contributed by atoms with van der Waals surface area (Å²) in [6.45, 7) is 2.27. The molecule has 0 aliphatic heterocycles. The molecule has 1 rings (SSSR count). The number of esters is 1. The van der Waals surface area contributed by atoms with Crippen LogP contribution < -0.4 is 0 Å². The SMILES string of the molecule is CCCCCCCCCCCC=Cc1ccc(/C=C/C(=O)OC)cc1. The Morgan fingerprint density at radius 1 is 0.840 bits per heavy atom. The van der Waals surface area contributed by atoms with Gasteiger partial charge >= 0.3 is 5.97 Å². The number of hydrogen-bond acceptors (Lipinski definition) is 2. The zero-order valence-electron chi connectivity index (χ0n) is 16.0. The Morgan fingerprint density at radius 2 is 1.36 bits per heavy atom. The second-order valence-corrected chi connectivity index (χ2v) is 6.54. The Hall–Kier alpha value is -1.83. The number of unbranched alkanes of at least 4 members (excludes halogenated alkanes) is 9. The minimum atomic E-state index is -0.329. The Bertz CT molecular complexity index is 511. The number of benzene rings is 1. The average Bonchev–Trinajstić information content (AvgIpc) is 2.65. The van der Waals surface area contributed by atoms with Crippen molar-refractivity contribution in [3.8, 4) is 0 Å². The maximum atomic E-state index is 11.1. The van der Waals surface area contributed by atoms with E-state index in [1.54, 1.807) is 6.08 Å². The third kappa shape index (κ3) is 11.4. The topological polar surface area (TPSA) is 26.3 Å². The van der Waals surface area contributed by atoms with Gasteiger partial charge in [-0.3, -0.25) is 0 Å². The lowest BCUT2D eigenvalue weighted by Crippen LogP contribution is -1.93. The van der Waals surface area contributed by atoms with Crippen LogP contribution in [0.15, 0.2) is 36.4 Å². The molecule has 0 unspecified atom stereocenters. The minimum absolute atomic E-state index is 0.329. The van der Waals surface area contributed by atoms with Crippen LogP contribution in [0.1, 0.15) is 82.3 Å². The van der Waals surface area contributed by atoms with E-state index in [0.717, 1.165) is 12.0 Å². The fourth-order valence-electron chi connectivity index (χ4n) is 2.74. The molecule has 2 heteroatoms. The summed E-state index contributed by atoms with van der Waals surface area (Å²) in [5.74, 6) is -0.329. The van der Waals surface area contributed by atoms with E-state index in [2.05, 4.69) is 35.9 Å². The molecule has 0 heterocycles. The summed E-state index contributed by atoms with van der Waals surface area (Å²) < 4.78 is 4.58. The first-order valence-electron chi connectivity index (χ1n) is 9.79. The van der Waals surface area contributed by atoms with Crippen LogP contribution in [-0.4, -0.2) is 13.1 Å². The molecule has 138 valence electrons. The summed E-state index contributed by atoms with van der Waals surface area (Å²) in [6, 6.07) is 8.17. The molecule has 1 aromatic rings. The molecule has 0 atom stereocenters. The molecule has 0 aromatic heterocycles. The van der Waals surface area contributed by atoms with Crippen molar-refractivity contribution in [1.29, 1.82) is 0 Å². The number of hydrogen-bond donors (Lipinski definition) is 0. The summed E-state index contributed by atoms with van der Waals surface area (Å²) >= 11 is 0. The zero-order chi connectivity index (χ0) is 18.2. The van der Waals surface area contributed by atoms with Crippen LogP contribution in [0.5, 0.6) is 0 Å². The Morgan fingerprint density at radius 3 is 1.92 bits per heavy atom. The van der Waals surface area contributed by atoms with E-state index >= 15 is 0 Å². The molecule has 0 spiro atoms. The van der Waals surface area contributed by atoms with Gasteiger partial charge in [-0.25, -0.2) is 4.79 Å². The van der Waals surface area contributed by atoms with Crippen molar-refractivity contribution in [2.45, 2.75) is 71.1 Å². The van der Waals surface area contributed by atoms with Gasteiger partial charge < -0.3 is 4.74 Å². The quantitative estimate of drug-likeness (QED) is 0.224. The van der Waals surface area contributed by atoms with Crippen LogP contribution >= 0.6 is 0 Å². The molecule has 1 aromatic carbocycles. The third-order valence-electron chi connectivity index (χ3n) is 4.33. The molecule has 2 nitrogen and oxygen atoms in total. The van der Waals surface area contributed by atoms with E-state index in [1.807, 2.05) is 12.1 Å². The monoisotopic (exact) mass is 342 g/mol. The van der Waals surface area contributed by atoms with Gasteiger partial charge in [0.2, 0.25) is 0 Å². The van der Waals surface area contributed by atoms with Gasteiger partial charge in [0.1, 0.15) is 0 Å². The lowest BCUT2D eigenvalue weighted by molar-refractivity contribution is -0.134. The van der Waals surface area contributed by atoms with Crippen molar-refractivity contribution in [2.24, 2.45) is 0 Å². The van der Waals surface area contributed by atoms with Crippen LogP contribution in [0.25, 0.3) is 12.2 Å². The molecular weight excluding hydrogens is 308 g/mol. The first-order valence-corrected chi connectivity index (χ1v) is 9.79. The summed E-state index contributed by atoms with van der Waals surface area (Å²) in [7, 11) is 1.38. The predicted molar refractivity (Wildman–Crippen MR) is 108 cm³/mol. The third-order valence-corrected chi connectivity index (χ3v) is 4.33. The van der Waals surface area contributed by atoms with E-state index < -0.39 is 0 Å². The number of allylic oxidation sites excluding steroid dienone is 1. The highest BCUT2D eigenvalue weighted by Crippen LogP contribution is 2.12. The fraction of sp³-hybridized carbons (Fsp3) is 0.522. The van der Waals surface area contributed by atoms with Crippen LogP contribution in [-0.2, 0) is 9.53 Å². The van der Waals surface area contributed by atoms with Crippen molar-refractivity contribution in [3.63, 3.8) is 0 Å². The molecule has 0 radical (unpaired) electrons. The van der Waals surface area contributed by atoms with Crippen LogP contribution in [0, 0.1) is 0 Å². The van der Waals surface area contributed by atoms with Gasteiger partial charge in [0.15, 0.2) is 0 Å². The maximum absolute atomic E-state index is 11.1. The molecule has 0 bridgehead atoms. The lowest BCUT2D eigenvalue weighted by atomic mass is 10.1. The molecule has 0 saturated heterocycles. The first-order chi connectivity index (χ1) is 12.3. The van der Waals surface area contributed by atoms with Gasteiger partial charge in [0.05, 0.1) is 7.11 Å². The standard InChI is InChI=1S/C23H34O2/c1-3-4-5-6-7-8-9-10-11-12-13-14-21-15-17-22(18-16-21)19-20-23(24)25-2/h13-20H,3-12H2,1-2H3/b14-13?,20-19+. The Balaban J connectivity index is 2.12. The lowest BCUT2D eigenvalue weighted by Gasteiger charge is -2.00. The molecule has 0 amide bonds. The number of rotatable bonds is 13. The molecular formula is C23H34O2. The van der Waals surface area contributed by atoms with E-state index in [4.69, 9.17) is 0 Å². The number of ether oxygens (including phenoxy) is 1. The second-order valence-electron chi connectivity index (χ2n) is 6.54. The zero-order valence-corrected chi connectivity index (χ0v) is 16.0. The highest BCUT2D eigenvalue weighted by Gasteiger charge is 1.93. The van der Waals surface area contributed by atoms with Crippen LogP contribution in [0.4, 0.5) is 0 Å². The average molecular weight is 343 g/mol. The van der Waals surface area contributed by atoms with E-state index in [9.17, 15) is 4.79 Å². The van der Waals surface area contributed by atoms with Crippen molar-refractivity contribution in [3.05, 3.63) is 47.5 Å². The predicted octanol–water partition coefficient (Wildman–Crippen LogP) is 6.81. The molecule has 25 heavy (non-hydrogen) atoms. The van der Waals surface area contributed by atoms with Crippen molar-refractivity contribution >= 4 is 18.1 Å². The van der Waals surface area contributed by atoms with Gasteiger partial charge in [-0.15, -0.1) is 0 Å². The molecule has 0 aliphatic rings. The number of carbonyl (C=O) groups excluding carboxylic acids is 1. The summed E-state index contributed by atoms with van der Waals surface area (Å²) in [5, 5.41) is 0. The van der Waals surface area contributed by atoms with E-state index in [1.165, 1.54) is 76.5 Å². The van der Waals surface area contributed by atoms with E-state index in [-0.39, 0.29) is 5.97 Å². The highest BCUT2D eigenvalue weighted by atomic mass is 16.5. The number of methoxy groups -OCH3 is 1. The normalized spacial score (nSPS) is 11.4. The first kappa shape index (κ1) is 21.2. The Labute approximate surface area is 154 Å². The minimum Gasteiger partial charge on any atom is -0.466 e. The van der Waals surface area contributed by atoms with Gasteiger partial charge in [0, 0.05) is 6.08 Å². The molecule has 0 saturated carbocycles. The second kappa shape index (κ2) is 14.5. The van der Waals surface area contributed by atoms with Crippen molar-refractivity contribution in [2.75, 3.05) is 7.11 Å². The van der Waals surface area contributed by atoms with Crippen molar-refractivity contribution in [1.82, 2.24) is 0 Å². The highest BCUT2D eigenvalue weighted by molar-refractivity contribution is 5.86. The largest absolute Gasteiger partial charge is 0.466 e. The number of carbonyl (C=O) groups is 1. The summed E-state index contributed by atoms with van der Waals surface area (Å²) in [5.41, 5.74) is 2.20. The molecule has 0 aliphatic carbocycles. The fourth-order valence-corrected chi connectivity index (χ4v) is 2.74. The summed E-state index contributed by atoms with van der Waals surface area (Å²) in [4.78, 5) is 11.1. The molecule has 0 fully saturated rings. The smallest absolute Gasteiger partial charge is 0.330 e. The van der Waals surface area contributed by atoms with Gasteiger partial charge in [0.25, 0.3) is 0 Å². The van der Waals surface area contributed by atoms with Crippen LogP contribution in [0.3, 0.4) is 0 Å². The molecule has 0 N–H and O–H groups in total. The van der Waals surface area contributed by atoms with Crippen molar-refractivity contribution < 1.29 is 9.53 Å². The van der Waals surface area contributed by atoms with Gasteiger partial charge in [-0.2, -0.15) is 0 Å². The summed E-state index contributed by atoms with van der Waals surface area (Å²) in [6.07, 6.45) is 21.2.